The maximum atomic E-state index is 12.6. The Morgan fingerprint density at radius 3 is 2.58 bits per heavy atom. The molecule has 138 valence electrons. The monoisotopic (exact) mass is 412 g/mol. The van der Waals surface area contributed by atoms with Crippen molar-refractivity contribution in [2.45, 2.75) is 30.6 Å². The average molecular weight is 413 g/mol. The van der Waals surface area contributed by atoms with E-state index in [0.717, 1.165) is 11.1 Å². The Balaban J connectivity index is 1.66. The molecule has 0 aromatic heterocycles. The molecule has 0 saturated carbocycles. The van der Waals surface area contributed by atoms with Crippen LogP contribution < -0.4 is 10.0 Å². The number of fused-ring (bicyclic) bond motifs is 1. The zero-order chi connectivity index (χ0) is 18.9. The number of hydrogen-bond donors (Lipinski definition) is 1. The third-order valence-electron chi connectivity index (χ3n) is 4.42. The summed E-state index contributed by atoms with van der Waals surface area (Å²) in [5, 5.41) is 6.19. The lowest BCUT2D eigenvalue weighted by Gasteiger charge is -2.18. The van der Waals surface area contributed by atoms with E-state index in [9.17, 15) is 13.2 Å². The van der Waals surface area contributed by atoms with Gasteiger partial charge < -0.3 is 4.90 Å². The van der Waals surface area contributed by atoms with Gasteiger partial charge >= 0.3 is 0 Å². The van der Waals surface area contributed by atoms with Crippen molar-refractivity contribution in [1.29, 1.82) is 0 Å². The molecule has 0 bridgehead atoms. The number of rotatable bonds is 5. The second-order valence-corrected chi connectivity index (χ2v) is 8.61. The van der Waals surface area contributed by atoms with Crippen molar-refractivity contribution in [3.8, 4) is 0 Å². The van der Waals surface area contributed by atoms with Crippen LogP contribution in [0.25, 0.3) is 0 Å². The molecule has 2 N–H and O–H groups in total. The van der Waals surface area contributed by atoms with Gasteiger partial charge in [-0.1, -0.05) is 35.3 Å². The number of aryl methyl sites for hydroxylation is 1. The third-order valence-corrected chi connectivity index (χ3v) is 6.07. The standard InChI is InChI=1S/C18H18Cl2N2O3S/c19-15-7-4-12(10-16(15)20)2-1-3-18(23)22-9-8-13-5-6-14(11-17(13)22)26(21,24)25/h4-7,10-11H,1-3,8-9H2,(H2,21,24,25). The summed E-state index contributed by atoms with van der Waals surface area (Å²) in [6.45, 7) is 0.551. The van der Waals surface area contributed by atoms with Crippen molar-refractivity contribution >= 4 is 44.8 Å². The van der Waals surface area contributed by atoms with Gasteiger partial charge in [-0.2, -0.15) is 0 Å². The molecule has 5 nitrogen and oxygen atoms in total. The minimum atomic E-state index is -3.80. The molecule has 1 amide bonds. The summed E-state index contributed by atoms with van der Waals surface area (Å²) >= 11 is 11.9. The van der Waals surface area contributed by atoms with E-state index in [4.69, 9.17) is 28.3 Å². The minimum absolute atomic E-state index is 0.0201. The highest BCUT2D eigenvalue weighted by Crippen LogP contribution is 2.31. The van der Waals surface area contributed by atoms with Crippen molar-refractivity contribution in [1.82, 2.24) is 0 Å². The van der Waals surface area contributed by atoms with Gasteiger partial charge in [-0.05, 0) is 54.7 Å². The number of nitrogens with zero attached hydrogens (tertiary/aromatic N) is 1. The number of amides is 1. The molecule has 0 fully saturated rings. The molecular formula is C18H18Cl2N2O3S. The van der Waals surface area contributed by atoms with Crippen LogP contribution in [0.3, 0.4) is 0 Å². The topological polar surface area (TPSA) is 80.5 Å². The maximum Gasteiger partial charge on any atom is 0.238 e. The van der Waals surface area contributed by atoms with Crippen LogP contribution in [-0.2, 0) is 27.7 Å². The normalized spacial score (nSPS) is 13.7. The van der Waals surface area contributed by atoms with Crippen molar-refractivity contribution in [3.05, 3.63) is 57.6 Å². The predicted octanol–water partition coefficient (Wildman–Crippen LogP) is 3.55. The van der Waals surface area contributed by atoms with Gasteiger partial charge in [0, 0.05) is 18.7 Å². The molecule has 0 unspecified atom stereocenters. The molecule has 0 atom stereocenters. The largest absolute Gasteiger partial charge is 0.312 e. The van der Waals surface area contributed by atoms with E-state index in [1.165, 1.54) is 12.1 Å². The highest BCUT2D eigenvalue weighted by molar-refractivity contribution is 7.89. The molecule has 0 saturated heterocycles. The molecule has 2 aromatic rings. The Morgan fingerprint density at radius 2 is 1.88 bits per heavy atom. The van der Waals surface area contributed by atoms with Gasteiger partial charge in [0.05, 0.1) is 14.9 Å². The Labute approximate surface area is 162 Å². The Hall–Kier alpha value is -1.60. The lowest BCUT2D eigenvalue weighted by atomic mass is 10.1. The smallest absolute Gasteiger partial charge is 0.238 e. The van der Waals surface area contributed by atoms with Crippen LogP contribution in [-0.4, -0.2) is 20.9 Å². The quantitative estimate of drug-likeness (QED) is 0.814. The molecule has 26 heavy (non-hydrogen) atoms. The van der Waals surface area contributed by atoms with Crippen LogP contribution in [0.4, 0.5) is 5.69 Å². The number of carbonyl (C=O) groups excluding carboxylic acids is 1. The summed E-state index contributed by atoms with van der Waals surface area (Å²) in [7, 11) is -3.80. The number of benzene rings is 2. The molecule has 2 aromatic carbocycles. The van der Waals surface area contributed by atoms with E-state index in [2.05, 4.69) is 0 Å². The summed E-state index contributed by atoms with van der Waals surface area (Å²) < 4.78 is 23.1. The number of primary sulfonamides is 1. The van der Waals surface area contributed by atoms with E-state index in [1.807, 2.05) is 6.07 Å². The fourth-order valence-electron chi connectivity index (χ4n) is 3.07. The summed E-state index contributed by atoms with van der Waals surface area (Å²) in [5.74, 6) is -0.0321. The molecule has 1 heterocycles. The molecule has 1 aliphatic heterocycles. The SMILES string of the molecule is NS(=O)(=O)c1ccc2c(c1)N(C(=O)CCCc1ccc(Cl)c(Cl)c1)CC2. The second kappa shape index (κ2) is 7.56. The average Bonchev–Trinajstić information content (AvgIpc) is 3.00. The number of sulfonamides is 1. The number of anilines is 1. The van der Waals surface area contributed by atoms with Crippen LogP contribution in [0.2, 0.25) is 10.0 Å². The van der Waals surface area contributed by atoms with E-state index < -0.39 is 10.0 Å². The van der Waals surface area contributed by atoms with E-state index in [1.54, 1.807) is 23.1 Å². The first kappa shape index (κ1) is 19.2. The second-order valence-electron chi connectivity index (χ2n) is 6.23. The highest BCUT2D eigenvalue weighted by Gasteiger charge is 2.25. The molecular weight excluding hydrogens is 395 g/mol. The van der Waals surface area contributed by atoms with Crippen molar-refractivity contribution in [2.75, 3.05) is 11.4 Å². The van der Waals surface area contributed by atoms with E-state index in [-0.39, 0.29) is 10.8 Å². The summed E-state index contributed by atoms with van der Waals surface area (Å²) in [6, 6.07) is 10.1. The first-order valence-corrected chi connectivity index (χ1v) is 10.5. The van der Waals surface area contributed by atoms with Gasteiger partial charge in [-0.3, -0.25) is 4.79 Å². The number of hydrogen-bond acceptors (Lipinski definition) is 3. The Bertz CT molecular complexity index is 961. The number of halogens is 2. The van der Waals surface area contributed by atoms with Gasteiger partial charge in [-0.25, -0.2) is 13.6 Å². The predicted molar refractivity (Wildman–Crippen MR) is 103 cm³/mol. The lowest BCUT2D eigenvalue weighted by molar-refractivity contribution is -0.118. The van der Waals surface area contributed by atoms with E-state index in [0.29, 0.717) is 48.0 Å². The van der Waals surface area contributed by atoms with Crippen LogP contribution in [0, 0.1) is 0 Å². The van der Waals surface area contributed by atoms with Crippen molar-refractivity contribution in [3.63, 3.8) is 0 Å². The number of carbonyl (C=O) groups is 1. The number of nitrogens with two attached hydrogens (primary N) is 1. The maximum absolute atomic E-state index is 12.6. The van der Waals surface area contributed by atoms with Crippen LogP contribution in [0.5, 0.6) is 0 Å². The van der Waals surface area contributed by atoms with Crippen LogP contribution in [0.1, 0.15) is 24.0 Å². The van der Waals surface area contributed by atoms with Gasteiger partial charge in [0.15, 0.2) is 0 Å². The zero-order valence-corrected chi connectivity index (χ0v) is 16.2. The van der Waals surface area contributed by atoms with Crippen molar-refractivity contribution < 1.29 is 13.2 Å². The molecule has 3 rings (SSSR count). The summed E-state index contributed by atoms with van der Waals surface area (Å²) in [5.41, 5.74) is 2.61. The first-order valence-electron chi connectivity index (χ1n) is 8.16. The molecule has 0 radical (unpaired) electrons. The van der Waals surface area contributed by atoms with Gasteiger partial charge in [0.2, 0.25) is 15.9 Å². The van der Waals surface area contributed by atoms with Crippen molar-refractivity contribution in [2.24, 2.45) is 5.14 Å². The Morgan fingerprint density at radius 1 is 1.12 bits per heavy atom. The minimum Gasteiger partial charge on any atom is -0.312 e. The fourth-order valence-corrected chi connectivity index (χ4v) is 3.92. The lowest BCUT2D eigenvalue weighted by Crippen LogP contribution is -2.28. The van der Waals surface area contributed by atoms with E-state index >= 15 is 0 Å². The molecule has 0 spiro atoms. The highest BCUT2D eigenvalue weighted by atomic mass is 35.5. The third kappa shape index (κ3) is 4.20. The zero-order valence-electron chi connectivity index (χ0n) is 13.9. The van der Waals surface area contributed by atoms with Gasteiger partial charge in [0.25, 0.3) is 0 Å². The van der Waals surface area contributed by atoms with Gasteiger partial charge in [0.1, 0.15) is 0 Å². The van der Waals surface area contributed by atoms with Crippen LogP contribution >= 0.6 is 23.2 Å². The van der Waals surface area contributed by atoms with Crippen LogP contribution in [0.15, 0.2) is 41.3 Å². The van der Waals surface area contributed by atoms with Gasteiger partial charge in [-0.15, -0.1) is 0 Å². The fraction of sp³-hybridized carbons (Fsp3) is 0.278. The molecule has 8 heteroatoms. The molecule has 1 aliphatic rings. The first-order chi connectivity index (χ1) is 12.3. The Kier molecular flexibility index (Phi) is 5.58. The summed E-state index contributed by atoms with van der Waals surface area (Å²) in [4.78, 5) is 14.2. The molecule has 0 aliphatic carbocycles. The summed E-state index contributed by atoms with van der Waals surface area (Å²) in [6.07, 6.45) is 2.44.